The molecule has 0 aromatic heterocycles. The van der Waals surface area contributed by atoms with Gasteiger partial charge in [-0.2, -0.15) is 0 Å². The van der Waals surface area contributed by atoms with Crippen LogP contribution < -0.4 is 10.1 Å². The third-order valence-corrected chi connectivity index (χ3v) is 3.03. The van der Waals surface area contributed by atoms with Gasteiger partial charge in [0.25, 0.3) is 0 Å². The summed E-state index contributed by atoms with van der Waals surface area (Å²) in [4.78, 5) is 0. The van der Waals surface area contributed by atoms with E-state index >= 15 is 0 Å². The quantitative estimate of drug-likeness (QED) is 0.784. The lowest BCUT2D eigenvalue weighted by atomic mass is 10.0. The van der Waals surface area contributed by atoms with Crippen LogP contribution in [0.15, 0.2) is 18.2 Å². The fourth-order valence-electron chi connectivity index (χ4n) is 2.12. The van der Waals surface area contributed by atoms with Crippen molar-refractivity contribution < 1.29 is 9.47 Å². The van der Waals surface area contributed by atoms with E-state index in [2.05, 4.69) is 45.1 Å². The summed E-state index contributed by atoms with van der Waals surface area (Å²) in [6.45, 7) is 10.0. The van der Waals surface area contributed by atoms with Crippen LogP contribution >= 0.6 is 0 Å². The van der Waals surface area contributed by atoms with E-state index in [0.29, 0.717) is 6.04 Å². The smallest absolute Gasteiger partial charge is 0.122 e. The Morgan fingerprint density at radius 2 is 2.00 bits per heavy atom. The molecule has 0 saturated carbocycles. The molecule has 0 spiro atoms. The monoisotopic (exact) mass is 265 g/mol. The number of aryl methyl sites for hydroxylation is 1. The normalized spacial score (nSPS) is 12.7. The van der Waals surface area contributed by atoms with Gasteiger partial charge in [0, 0.05) is 6.04 Å². The number of ether oxygens (including phenoxy) is 2. The number of methoxy groups -OCH3 is 1. The molecule has 3 nitrogen and oxygen atoms in total. The average molecular weight is 265 g/mol. The predicted octanol–water partition coefficient (Wildman–Crippen LogP) is 2.95. The Bertz CT molecular complexity index is 377. The van der Waals surface area contributed by atoms with Gasteiger partial charge in [0.05, 0.1) is 19.8 Å². The lowest BCUT2D eigenvalue weighted by Crippen LogP contribution is -2.36. The Hall–Kier alpha value is -1.06. The molecule has 1 N–H and O–H groups in total. The third-order valence-electron chi connectivity index (χ3n) is 3.03. The van der Waals surface area contributed by atoms with E-state index < -0.39 is 0 Å². The fourth-order valence-corrected chi connectivity index (χ4v) is 2.12. The molecule has 0 aliphatic heterocycles. The van der Waals surface area contributed by atoms with Crippen LogP contribution in [-0.4, -0.2) is 32.4 Å². The molecule has 19 heavy (non-hydrogen) atoms. The van der Waals surface area contributed by atoms with Gasteiger partial charge in [-0.3, -0.25) is 0 Å². The molecule has 0 radical (unpaired) electrons. The van der Waals surface area contributed by atoms with E-state index in [9.17, 15) is 0 Å². The maximum Gasteiger partial charge on any atom is 0.122 e. The van der Waals surface area contributed by atoms with Gasteiger partial charge in [-0.25, -0.2) is 0 Å². The van der Waals surface area contributed by atoms with Crippen molar-refractivity contribution in [2.45, 2.75) is 46.3 Å². The molecule has 1 atom stereocenters. The minimum absolute atomic E-state index is 0.264. The Morgan fingerprint density at radius 1 is 1.26 bits per heavy atom. The highest BCUT2D eigenvalue weighted by Gasteiger charge is 2.13. The molecule has 1 aromatic rings. The van der Waals surface area contributed by atoms with Crippen LogP contribution in [0.1, 0.15) is 31.9 Å². The first-order valence-electron chi connectivity index (χ1n) is 7.05. The highest BCUT2D eigenvalue weighted by molar-refractivity contribution is 5.37. The molecule has 0 aliphatic carbocycles. The fraction of sp³-hybridized carbons (Fsp3) is 0.625. The number of nitrogens with one attached hydrogen (secondary N) is 1. The average Bonchev–Trinajstić information content (AvgIpc) is 2.36. The zero-order valence-electron chi connectivity index (χ0n) is 12.8. The molecule has 0 fully saturated rings. The van der Waals surface area contributed by atoms with Gasteiger partial charge in [0.1, 0.15) is 5.75 Å². The van der Waals surface area contributed by atoms with Gasteiger partial charge < -0.3 is 14.8 Å². The van der Waals surface area contributed by atoms with Crippen molar-refractivity contribution in [1.29, 1.82) is 0 Å². The molecular formula is C16H27NO2. The van der Waals surface area contributed by atoms with Crippen molar-refractivity contribution in [2.75, 3.05) is 20.3 Å². The van der Waals surface area contributed by atoms with Gasteiger partial charge in [-0.05, 0) is 45.4 Å². The summed E-state index contributed by atoms with van der Waals surface area (Å²) in [6.07, 6.45) is 1.19. The number of hydrogen-bond acceptors (Lipinski definition) is 3. The Labute approximate surface area is 117 Å². The van der Waals surface area contributed by atoms with Crippen molar-refractivity contribution in [3.8, 4) is 5.75 Å². The van der Waals surface area contributed by atoms with E-state index in [4.69, 9.17) is 9.47 Å². The Kier molecular flexibility index (Phi) is 6.89. The molecule has 0 amide bonds. The summed E-state index contributed by atoms with van der Waals surface area (Å²) < 4.78 is 11.2. The SMILES string of the molecule is CCNC(COC(C)C)Cc1cc(C)ccc1OC. The number of benzene rings is 1. The Morgan fingerprint density at radius 3 is 2.58 bits per heavy atom. The van der Waals surface area contributed by atoms with E-state index in [1.807, 2.05) is 6.07 Å². The topological polar surface area (TPSA) is 30.5 Å². The van der Waals surface area contributed by atoms with Crippen molar-refractivity contribution in [3.05, 3.63) is 29.3 Å². The molecule has 3 heteroatoms. The molecule has 1 unspecified atom stereocenters. The van der Waals surface area contributed by atoms with Crippen molar-refractivity contribution in [1.82, 2.24) is 5.32 Å². The molecule has 0 saturated heterocycles. The van der Waals surface area contributed by atoms with Gasteiger partial charge in [0.2, 0.25) is 0 Å². The standard InChI is InChI=1S/C16H27NO2/c1-6-17-15(11-19-12(2)3)10-14-9-13(4)7-8-16(14)18-5/h7-9,12,15,17H,6,10-11H2,1-5H3. The minimum atomic E-state index is 0.264. The van der Waals surface area contributed by atoms with Gasteiger partial charge in [0.15, 0.2) is 0 Å². The zero-order valence-corrected chi connectivity index (χ0v) is 12.8. The molecule has 0 aliphatic rings. The first-order valence-corrected chi connectivity index (χ1v) is 7.05. The number of rotatable bonds is 8. The first-order chi connectivity index (χ1) is 9.06. The van der Waals surface area contributed by atoms with Gasteiger partial charge >= 0.3 is 0 Å². The summed E-state index contributed by atoms with van der Waals surface area (Å²) in [7, 11) is 1.72. The molecule has 1 aromatic carbocycles. The van der Waals surface area contributed by atoms with E-state index in [0.717, 1.165) is 25.3 Å². The number of hydrogen-bond donors (Lipinski definition) is 1. The van der Waals surface area contributed by atoms with Crippen molar-refractivity contribution in [3.63, 3.8) is 0 Å². The van der Waals surface area contributed by atoms with Crippen LogP contribution in [0.25, 0.3) is 0 Å². The second-order valence-electron chi connectivity index (χ2n) is 5.16. The number of likely N-dealkylation sites (N-methyl/N-ethyl adjacent to an activating group) is 1. The van der Waals surface area contributed by atoms with Crippen LogP contribution in [0.2, 0.25) is 0 Å². The summed E-state index contributed by atoms with van der Waals surface area (Å²) in [6, 6.07) is 6.63. The van der Waals surface area contributed by atoms with E-state index in [1.54, 1.807) is 7.11 Å². The molecular weight excluding hydrogens is 238 g/mol. The summed E-state index contributed by atoms with van der Waals surface area (Å²) in [5, 5.41) is 3.48. The first kappa shape index (κ1) is 16.0. The minimum Gasteiger partial charge on any atom is -0.496 e. The Balaban J connectivity index is 2.74. The molecule has 1 rings (SSSR count). The van der Waals surface area contributed by atoms with Gasteiger partial charge in [-0.15, -0.1) is 0 Å². The van der Waals surface area contributed by atoms with Crippen molar-refractivity contribution >= 4 is 0 Å². The highest BCUT2D eigenvalue weighted by Crippen LogP contribution is 2.21. The molecule has 0 bridgehead atoms. The van der Waals surface area contributed by atoms with Crippen LogP contribution in [0.4, 0.5) is 0 Å². The van der Waals surface area contributed by atoms with Gasteiger partial charge in [-0.1, -0.05) is 24.6 Å². The maximum absolute atomic E-state index is 5.73. The predicted molar refractivity (Wildman–Crippen MR) is 80.0 cm³/mol. The van der Waals surface area contributed by atoms with Crippen molar-refractivity contribution in [2.24, 2.45) is 0 Å². The van der Waals surface area contributed by atoms with E-state index in [-0.39, 0.29) is 6.10 Å². The lowest BCUT2D eigenvalue weighted by molar-refractivity contribution is 0.0615. The van der Waals surface area contributed by atoms with Crippen LogP contribution in [0, 0.1) is 6.92 Å². The maximum atomic E-state index is 5.73. The molecule has 108 valence electrons. The third kappa shape index (κ3) is 5.62. The second-order valence-corrected chi connectivity index (χ2v) is 5.16. The summed E-state index contributed by atoms with van der Waals surface area (Å²) in [5.41, 5.74) is 2.50. The molecule has 0 heterocycles. The summed E-state index contributed by atoms with van der Waals surface area (Å²) in [5.74, 6) is 0.957. The summed E-state index contributed by atoms with van der Waals surface area (Å²) >= 11 is 0. The van der Waals surface area contributed by atoms with Crippen LogP contribution in [-0.2, 0) is 11.2 Å². The zero-order chi connectivity index (χ0) is 14.3. The highest BCUT2D eigenvalue weighted by atomic mass is 16.5. The largest absolute Gasteiger partial charge is 0.496 e. The lowest BCUT2D eigenvalue weighted by Gasteiger charge is -2.21. The van der Waals surface area contributed by atoms with Crippen LogP contribution in [0.5, 0.6) is 5.75 Å². The van der Waals surface area contributed by atoms with E-state index in [1.165, 1.54) is 11.1 Å². The van der Waals surface area contributed by atoms with Crippen LogP contribution in [0.3, 0.4) is 0 Å². The second kappa shape index (κ2) is 8.18.